The summed E-state index contributed by atoms with van der Waals surface area (Å²) in [7, 11) is 1.63. The van der Waals surface area contributed by atoms with E-state index in [0.29, 0.717) is 39.3 Å². The van der Waals surface area contributed by atoms with Crippen molar-refractivity contribution in [2.24, 2.45) is 0 Å². The first-order chi connectivity index (χ1) is 15.5. The Morgan fingerprint density at radius 3 is 2.50 bits per heavy atom. The summed E-state index contributed by atoms with van der Waals surface area (Å²) < 4.78 is 5.21. The normalized spacial score (nSPS) is 16.7. The molecule has 0 atom stereocenters. The number of imide groups is 1. The fourth-order valence-electron chi connectivity index (χ4n) is 3.83. The van der Waals surface area contributed by atoms with Crippen LogP contribution in [0.2, 0.25) is 0 Å². The Labute approximate surface area is 186 Å². The van der Waals surface area contributed by atoms with Gasteiger partial charge in [0.2, 0.25) is 11.8 Å². The number of hydrogen-bond acceptors (Lipinski definition) is 7. The Bertz CT molecular complexity index is 988. The molecule has 0 spiro atoms. The second-order valence-electron chi connectivity index (χ2n) is 7.70. The lowest BCUT2D eigenvalue weighted by atomic mass is 10.1. The molecule has 0 unspecified atom stereocenters. The number of amides is 4. The standard InChI is InChI=1S/C22H26N6O4/c1-32-17-4-2-16(3-5-17)18-14-19(24-15-23-18)26-10-12-27(13-11-26)21(30)7-9-28-8-6-20(29)25-22(28)31/h2-5,14-15H,6-13H2,1H3,(H,25,29,31). The summed E-state index contributed by atoms with van der Waals surface area (Å²) in [5.41, 5.74) is 1.81. The molecule has 10 nitrogen and oxygen atoms in total. The molecule has 4 rings (SSSR count). The van der Waals surface area contributed by atoms with Gasteiger partial charge in [-0.2, -0.15) is 0 Å². The molecule has 0 bridgehead atoms. The molecule has 2 aliphatic rings. The maximum absolute atomic E-state index is 12.6. The Balaban J connectivity index is 1.30. The highest BCUT2D eigenvalue weighted by Gasteiger charge is 2.26. The minimum Gasteiger partial charge on any atom is -0.497 e. The van der Waals surface area contributed by atoms with Crippen molar-refractivity contribution in [2.45, 2.75) is 12.8 Å². The van der Waals surface area contributed by atoms with Gasteiger partial charge in [-0.05, 0) is 24.3 Å². The van der Waals surface area contributed by atoms with Crippen LogP contribution in [0.25, 0.3) is 11.3 Å². The summed E-state index contributed by atoms with van der Waals surface area (Å²) in [4.78, 5) is 49.9. The highest BCUT2D eigenvalue weighted by molar-refractivity contribution is 5.96. The molecule has 2 fully saturated rings. The number of carbonyl (C=O) groups excluding carboxylic acids is 3. The van der Waals surface area contributed by atoms with Crippen molar-refractivity contribution < 1.29 is 19.1 Å². The lowest BCUT2D eigenvalue weighted by Gasteiger charge is -2.36. The van der Waals surface area contributed by atoms with Gasteiger partial charge in [0.05, 0.1) is 12.8 Å². The summed E-state index contributed by atoms with van der Waals surface area (Å²) in [5.74, 6) is 1.36. The zero-order valence-electron chi connectivity index (χ0n) is 18.0. The van der Waals surface area contributed by atoms with Crippen LogP contribution >= 0.6 is 0 Å². The van der Waals surface area contributed by atoms with Crippen molar-refractivity contribution in [3.05, 3.63) is 36.7 Å². The van der Waals surface area contributed by atoms with Gasteiger partial charge in [-0.25, -0.2) is 14.8 Å². The number of methoxy groups -OCH3 is 1. The predicted molar refractivity (Wildman–Crippen MR) is 117 cm³/mol. The van der Waals surface area contributed by atoms with E-state index in [0.717, 1.165) is 22.8 Å². The van der Waals surface area contributed by atoms with E-state index in [9.17, 15) is 14.4 Å². The van der Waals surface area contributed by atoms with Gasteiger partial charge in [-0.3, -0.25) is 14.9 Å². The Hall–Kier alpha value is -3.69. The molecule has 3 heterocycles. The largest absolute Gasteiger partial charge is 0.497 e. The number of carbonyl (C=O) groups is 3. The first-order valence-electron chi connectivity index (χ1n) is 10.6. The fourth-order valence-corrected chi connectivity index (χ4v) is 3.83. The van der Waals surface area contributed by atoms with Crippen molar-refractivity contribution in [3.8, 4) is 17.0 Å². The van der Waals surface area contributed by atoms with E-state index in [2.05, 4.69) is 20.2 Å². The topological polar surface area (TPSA) is 108 Å². The number of ether oxygens (including phenoxy) is 1. The van der Waals surface area contributed by atoms with Crippen molar-refractivity contribution >= 4 is 23.7 Å². The van der Waals surface area contributed by atoms with Crippen LogP contribution in [0.5, 0.6) is 5.75 Å². The lowest BCUT2D eigenvalue weighted by molar-refractivity contribution is -0.131. The second kappa shape index (κ2) is 9.63. The molecular formula is C22H26N6O4. The molecule has 0 aliphatic carbocycles. The molecule has 0 saturated carbocycles. The van der Waals surface area contributed by atoms with Crippen LogP contribution in [-0.2, 0) is 9.59 Å². The van der Waals surface area contributed by atoms with Crippen LogP contribution in [-0.4, -0.2) is 84.0 Å². The summed E-state index contributed by atoms with van der Waals surface area (Å²) in [6.07, 6.45) is 2.08. The molecule has 2 saturated heterocycles. The molecule has 1 aromatic carbocycles. The smallest absolute Gasteiger partial charge is 0.324 e. The zero-order valence-corrected chi connectivity index (χ0v) is 18.0. The summed E-state index contributed by atoms with van der Waals surface area (Å²) in [6.45, 7) is 3.19. The molecule has 2 aliphatic heterocycles. The van der Waals surface area contributed by atoms with Crippen LogP contribution in [0.4, 0.5) is 10.6 Å². The van der Waals surface area contributed by atoms with Gasteiger partial charge in [-0.1, -0.05) is 0 Å². The monoisotopic (exact) mass is 438 g/mol. The van der Waals surface area contributed by atoms with Gasteiger partial charge in [0, 0.05) is 63.7 Å². The number of piperazine rings is 1. The van der Waals surface area contributed by atoms with Gasteiger partial charge in [0.25, 0.3) is 0 Å². The molecule has 1 N–H and O–H groups in total. The summed E-state index contributed by atoms with van der Waals surface area (Å²) in [6, 6.07) is 9.24. The van der Waals surface area contributed by atoms with Crippen molar-refractivity contribution in [1.82, 2.24) is 25.1 Å². The van der Waals surface area contributed by atoms with Crippen molar-refractivity contribution in [3.63, 3.8) is 0 Å². The van der Waals surface area contributed by atoms with Crippen LogP contribution in [0.1, 0.15) is 12.8 Å². The minimum atomic E-state index is -0.421. The van der Waals surface area contributed by atoms with E-state index < -0.39 is 6.03 Å². The van der Waals surface area contributed by atoms with Gasteiger partial charge in [0.1, 0.15) is 17.9 Å². The average molecular weight is 438 g/mol. The van der Waals surface area contributed by atoms with E-state index in [1.54, 1.807) is 13.4 Å². The fraction of sp³-hybridized carbons (Fsp3) is 0.409. The molecule has 1 aromatic heterocycles. The number of urea groups is 1. The van der Waals surface area contributed by atoms with E-state index in [-0.39, 0.29) is 24.7 Å². The maximum Gasteiger partial charge on any atom is 0.324 e. The van der Waals surface area contributed by atoms with Crippen LogP contribution in [0.3, 0.4) is 0 Å². The molecule has 2 aromatic rings. The van der Waals surface area contributed by atoms with Crippen LogP contribution < -0.4 is 15.0 Å². The van der Waals surface area contributed by atoms with Crippen LogP contribution in [0.15, 0.2) is 36.7 Å². The summed E-state index contributed by atoms with van der Waals surface area (Å²) in [5, 5.41) is 2.28. The maximum atomic E-state index is 12.6. The van der Waals surface area contributed by atoms with E-state index in [1.165, 1.54) is 4.90 Å². The number of nitrogens with one attached hydrogen (secondary N) is 1. The molecular weight excluding hydrogens is 412 g/mol. The third-order valence-electron chi connectivity index (χ3n) is 5.73. The highest BCUT2D eigenvalue weighted by Crippen LogP contribution is 2.23. The number of hydrogen-bond donors (Lipinski definition) is 1. The first-order valence-corrected chi connectivity index (χ1v) is 10.6. The quantitative estimate of drug-likeness (QED) is 0.720. The summed E-state index contributed by atoms with van der Waals surface area (Å²) >= 11 is 0. The predicted octanol–water partition coefficient (Wildman–Crippen LogP) is 1.13. The lowest BCUT2D eigenvalue weighted by Crippen LogP contribution is -2.52. The van der Waals surface area contributed by atoms with Gasteiger partial charge >= 0.3 is 6.03 Å². The molecule has 32 heavy (non-hydrogen) atoms. The third kappa shape index (κ3) is 4.96. The Morgan fingerprint density at radius 1 is 1.06 bits per heavy atom. The number of rotatable bonds is 6. The molecule has 168 valence electrons. The number of anilines is 1. The van der Waals surface area contributed by atoms with Gasteiger partial charge < -0.3 is 19.4 Å². The number of aromatic nitrogens is 2. The molecule has 0 radical (unpaired) electrons. The van der Waals surface area contributed by atoms with E-state index in [4.69, 9.17) is 4.74 Å². The SMILES string of the molecule is COc1ccc(-c2cc(N3CCN(C(=O)CCN4CCC(=O)NC4=O)CC3)ncn2)cc1. The van der Waals surface area contributed by atoms with Gasteiger partial charge in [0.15, 0.2) is 0 Å². The van der Waals surface area contributed by atoms with Crippen molar-refractivity contribution in [1.29, 1.82) is 0 Å². The van der Waals surface area contributed by atoms with Crippen LogP contribution in [0, 0.1) is 0 Å². The Morgan fingerprint density at radius 2 is 1.81 bits per heavy atom. The number of nitrogens with zero attached hydrogens (tertiary/aromatic N) is 5. The third-order valence-corrected chi connectivity index (χ3v) is 5.73. The zero-order chi connectivity index (χ0) is 22.5. The minimum absolute atomic E-state index is 0.0101. The average Bonchev–Trinajstić information content (AvgIpc) is 2.83. The van der Waals surface area contributed by atoms with Gasteiger partial charge in [-0.15, -0.1) is 0 Å². The first kappa shape index (κ1) is 21.5. The second-order valence-corrected chi connectivity index (χ2v) is 7.70. The highest BCUT2D eigenvalue weighted by atomic mass is 16.5. The van der Waals surface area contributed by atoms with E-state index >= 15 is 0 Å². The van der Waals surface area contributed by atoms with Crippen molar-refractivity contribution in [2.75, 3.05) is 51.3 Å². The Kier molecular flexibility index (Phi) is 6.48. The number of benzene rings is 1. The molecule has 4 amide bonds. The van der Waals surface area contributed by atoms with E-state index in [1.807, 2.05) is 35.2 Å². The molecule has 10 heteroatoms.